The van der Waals surface area contributed by atoms with Crippen molar-refractivity contribution in [2.45, 2.75) is 38.8 Å². The molecule has 0 bridgehead atoms. The number of benzene rings is 1. The van der Waals surface area contributed by atoms with Crippen LogP contribution < -0.4 is 10.6 Å². The highest BCUT2D eigenvalue weighted by molar-refractivity contribution is 5.60. The Balaban J connectivity index is 1.41. The lowest BCUT2D eigenvalue weighted by Crippen LogP contribution is -2.42. The summed E-state index contributed by atoms with van der Waals surface area (Å²) in [6.45, 7) is 7.16. The van der Waals surface area contributed by atoms with Crippen molar-refractivity contribution in [3.63, 3.8) is 0 Å². The fraction of sp³-hybridized carbons (Fsp3) is 0.476. The second-order valence-corrected chi connectivity index (χ2v) is 7.51. The van der Waals surface area contributed by atoms with Crippen molar-refractivity contribution in [1.29, 1.82) is 0 Å². The average Bonchev–Trinajstić information content (AvgIpc) is 3.32. The van der Waals surface area contributed by atoms with E-state index in [1.807, 2.05) is 6.07 Å². The molecule has 0 radical (unpaired) electrons. The SMILES string of the molecule is CCN(Cc1cccc(-c2ccnc(NCCc3nn[nH]n3)n2)c1)C1CCNCC1. The van der Waals surface area contributed by atoms with Crippen LogP contribution in [0, 0.1) is 0 Å². The van der Waals surface area contributed by atoms with Gasteiger partial charge < -0.3 is 10.6 Å². The summed E-state index contributed by atoms with van der Waals surface area (Å²) in [5, 5.41) is 20.6. The molecule has 0 aliphatic carbocycles. The molecular formula is C21H29N9. The lowest BCUT2D eigenvalue weighted by atomic mass is 10.0. The molecule has 1 aromatic carbocycles. The van der Waals surface area contributed by atoms with Crippen LogP contribution in [0.2, 0.25) is 0 Å². The van der Waals surface area contributed by atoms with Gasteiger partial charge in [-0.15, -0.1) is 10.2 Å². The van der Waals surface area contributed by atoms with Gasteiger partial charge in [0.25, 0.3) is 0 Å². The summed E-state index contributed by atoms with van der Waals surface area (Å²) in [7, 11) is 0. The molecule has 1 aliphatic heterocycles. The standard InChI is InChI=1S/C21H29N9/c1-2-30(18-6-10-22-11-7-18)15-16-4-3-5-17(14-16)19-8-12-23-21(25-19)24-13-9-20-26-28-29-27-20/h3-5,8,12,14,18,22H,2,6-7,9-11,13,15H2,1H3,(H,23,24,25)(H,26,27,28,29). The van der Waals surface area contributed by atoms with Crippen LogP contribution in [0.25, 0.3) is 11.3 Å². The van der Waals surface area contributed by atoms with Crippen LogP contribution in [-0.4, -0.2) is 67.7 Å². The highest BCUT2D eigenvalue weighted by Gasteiger charge is 2.19. The number of nitrogens with zero attached hydrogens (tertiary/aromatic N) is 6. The van der Waals surface area contributed by atoms with E-state index in [4.69, 9.17) is 0 Å². The van der Waals surface area contributed by atoms with Gasteiger partial charge in [-0.3, -0.25) is 4.90 Å². The summed E-state index contributed by atoms with van der Waals surface area (Å²) >= 11 is 0. The first-order valence-electron chi connectivity index (χ1n) is 10.6. The molecule has 4 rings (SSSR count). The molecule has 0 unspecified atom stereocenters. The Morgan fingerprint density at radius 2 is 2.10 bits per heavy atom. The monoisotopic (exact) mass is 407 g/mol. The van der Waals surface area contributed by atoms with E-state index in [9.17, 15) is 0 Å². The second-order valence-electron chi connectivity index (χ2n) is 7.51. The molecule has 9 nitrogen and oxygen atoms in total. The minimum absolute atomic E-state index is 0.603. The Bertz CT molecular complexity index is 906. The molecule has 0 spiro atoms. The molecular weight excluding hydrogens is 378 g/mol. The van der Waals surface area contributed by atoms with E-state index in [1.165, 1.54) is 18.4 Å². The van der Waals surface area contributed by atoms with Crippen LogP contribution in [0.4, 0.5) is 5.95 Å². The van der Waals surface area contributed by atoms with Crippen LogP contribution in [0.3, 0.4) is 0 Å². The number of hydrogen-bond donors (Lipinski definition) is 3. The Hall–Kier alpha value is -2.91. The normalized spacial score (nSPS) is 14.9. The molecule has 0 atom stereocenters. The number of aromatic nitrogens is 6. The molecule has 0 saturated carbocycles. The first kappa shape index (κ1) is 20.4. The Morgan fingerprint density at radius 1 is 1.20 bits per heavy atom. The quantitative estimate of drug-likeness (QED) is 0.494. The minimum atomic E-state index is 0.603. The van der Waals surface area contributed by atoms with Gasteiger partial charge in [0.1, 0.15) is 0 Å². The first-order chi connectivity index (χ1) is 14.8. The third-order valence-corrected chi connectivity index (χ3v) is 5.52. The number of tetrazole rings is 1. The predicted octanol–water partition coefficient (Wildman–Crippen LogP) is 1.89. The van der Waals surface area contributed by atoms with Crippen LogP contribution in [0.5, 0.6) is 0 Å². The van der Waals surface area contributed by atoms with Gasteiger partial charge in [-0.25, -0.2) is 9.97 Å². The van der Waals surface area contributed by atoms with Gasteiger partial charge in [0.2, 0.25) is 5.95 Å². The zero-order valence-electron chi connectivity index (χ0n) is 17.4. The highest BCUT2D eigenvalue weighted by Crippen LogP contribution is 2.21. The van der Waals surface area contributed by atoms with Crippen molar-refractivity contribution in [2.24, 2.45) is 0 Å². The predicted molar refractivity (Wildman–Crippen MR) is 116 cm³/mol. The van der Waals surface area contributed by atoms with Gasteiger partial charge in [0.05, 0.1) is 5.69 Å². The lowest BCUT2D eigenvalue weighted by molar-refractivity contribution is 0.162. The van der Waals surface area contributed by atoms with E-state index in [-0.39, 0.29) is 0 Å². The minimum Gasteiger partial charge on any atom is -0.354 e. The third-order valence-electron chi connectivity index (χ3n) is 5.52. The lowest BCUT2D eigenvalue weighted by Gasteiger charge is -2.34. The van der Waals surface area contributed by atoms with Gasteiger partial charge >= 0.3 is 0 Å². The van der Waals surface area contributed by atoms with Crippen LogP contribution in [0.15, 0.2) is 36.5 Å². The van der Waals surface area contributed by atoms with Crippen LogP contribution in [0.1, 0.15) is 31.2 Å². The zero-order valence-corrected chi connectivity index (χ0v) is 17.4. The van der Waals surface area contributed by atoms with E-state index in [2.05, 4.69) is 77.3 Å². The van der Waals surface area contributed by atoms with Gasteiger partial charge in [-0.1, -0.05) is 30.3 Å². The fourth-order valence-corrected chi connectivity index (χ4v) is 3.91. The zero-order chi connectivity index (χ0) is 20.6. The second kappa shape index (κ2) is 10.2. The third kappa shape index (κ3) is 5.37. The van der Waals surface area contributed by atoms with Crippen molar-refractivity contribution in [3.05, 3.63) is 47.9 Å². The molecule has 158 valence electrons. The Labute approximate surface area is 176 Å². The number of H-pyrrole nitrogens is 1. The fourth-order valence-electron chi connectivity index (χ4n) is 3.91. The van der Waals surface area contributed by atoms with Gasteiger partial charge in [0.15, 0.2) is 5.82 Å². The number of hydrogen-bond acceptors (Lipinski definition) is 8. The maximum atomic E-state index is 4.68. The van der Waals surface area contributed by atoms with Crippen molar-refractivity contribution >= 4 is 5.95 Å². The largest absolute Gasteiger partial charge is 0.354 e. The van der Waals surface area contributed by atoms with Crippen molar-refractivity contribution in [1.82, 2.24) is 40.8 Å². The number of nitrogens with one attached hydrogen (secondary N) is 3. The average molecular weight is 408 g/mol. The van der Waals surface area contributed by atoms with Gasteiger partial charge in [-0.05, 0) is 50.2 Å². The van der Waals surface area contributed by atoms with Gasteiger partial charge in [0, 0.05) is 37.3 Å². The van der Waals surface area contributed by atoms with E-state index >= 15 is 0 Å². The maximum absolute atomic E-state index is 4.68. The molecule has 3 aromatic rings. The summed E-state index contributed by atoms with van der Waals surface area (Å²) in [6, 6.07) is 11.3. The highest BCUT2D eigenvalue weighted by atomic mass is 15.5. The Morgan fingerprint density at radius 3 is 2.90 bits per heavy atom. The molecule has 0 amide bonds. The molecule has 1 fully saturated rings. The summed E-state index contributed by atoms with van der Waals surface area (Å²) in [6.07, 6.45) is 4.89. The van der Waals surface area contributed by atoms with Crippen molar-refractivity contribution in [2.75, 3.05) is 31.5 Å². The topological polar surface area (TPSA) is 108 Å². The number of anilines is 1. The van der Waals surface area contributed by atoms with Gasteiger partial charge in [-0.2, -0.15) is 5.21 Å². The van der Waals surface area contributed by atoms with Crippen LogP contribution in [-0.2, 0) is 13.0 Å². The van der Waals surface area contributed by atoms with E-state index in [0.717, 1.165) is 37.4 Å². The van der Waals surface area contributed by atoms with E-state index in [1.54, 1.807) is 6.20 Å². The molecule has 3 heterocycles. The molecule has 30 heavy (non-hydrogen) atoms. The van der Waals surface area contributed by atoms with E-state index < -0.39 is 0 Å². The Kier molecular flexibility index (Phi) is 6.94. The smallest absolute Gasteiger partial charge is 0.223 e. The summed E-state index contributed by atoms with van der Waals surface area (Å²) < 4.78 is 0. The van der Waals surface area contributed by atoms with Crippen molar-refractivity contribution < 1.29 is 0 Å². The van der Waals surface area contributed by atoms with Crippen molar-refractivity contribution in [3.8, 4) is 11.3 Å². The number of piperidine rings is 1. The molecule has 3 N–H and O–H groups in total. The van der Waals surface area contributed by atoms with Crippen LogP contribution >= 0.6 is 0 Å². The first-order valence-corrected chi connectivity index (χ1v) is 10.6. The summed E-state index contributed by atoms with van der Waals surface area (Å²) in [4.78, 5) is 11.6. The molecule has 2 aromatic heterocycles. The number of rotatable bonds is 9. The molecule has 9 heteroatoms. The van der Waals surface area contributed by atoms with E-state index in [0.29, 0.717) is 30.8 Å². The number of aromatic amines is 1. The molecule has 1 saturated heterocycles. The maximum Gasteiger partial charge on any atom is 0.223 e. The molecule has 1 aliphatic rings. The summed E-state index contributed by atoms with van der Waals surface area (Å²) in [5.74, 6) is 1.27. The summed E-state index contributed by atoms with van der Waals surface area (Å²) in [5.41, 5.74) is 3.34.